The molecule has 4 rings (SSSR count). The van der Waals surface area contributed by atoms with Crippen molar-refractivity contribution in [1.82, 2.24) is 9.58 Å². The quantitative estimate of drug-likeness (QED) is 0.781. The van der Waals surface area contributed by atoms with Crippen molar-refractivity contribution in [3.8, 4) is 5.75 Å². The number of rotatable bonds is 2. The van der Waals surface area contributed by atoms with E-state index in [1.54, 1.807) is 31.1 Å². The molecular weight excluding hydrogens is 411 g/mol. The molecule has 1 aromatic heterocycles. The summed E-state index contributed by atoms with van der Waals surface area (Å²) in [6, 6.07) is 7.64. The van der Waals surface area contributed by atoms with Crippen molar-refractivity contribution in [2.24, 2.45) is 5.92 Å². The summed E-state index contributed by atoms with van der Waals surface area (Å²) in [5.41, 5.74) is -0.350. The lowest BCUT2D eigenvalue weighted by Gasteiger charge is -2.60. The number of nitrogens with zero attached hydrogens (tertiary/aromatic N) is 3. The predicted octanol–water partition coefficient (Wildman–Crippen LogP) is 3.71. The van der Waals surface area contributed by atoms with Crippen LogP contribution in [0.5, 0.6) is 5.75 Å². The number of hydrogen-bond acceptors (Lipinski definition) is 4. The number of amides is 1. The molecule has 3 unspecified atom stereocenters. The smallest absolute Gasteiger partial charge is 0.389 e. The van der Waals surface area contributed by atoms with Crippen molar-refractivity contribution in [3.05, 3.63) is 63.6 Å². The number of piperidine rings is 1. The number of alkyl halides is 3. The van der Waals surface area contributed by atoms with Gasteiger partial charge in [-0.3, -0.25) is 19.3 Å². The monoisotopic (exact) mass is 435 g/mol. The highest BCUT2D eigenvalue weighted by atomic mass is 19.4. The third kappa shape index (κ3) is 3.26. The van der Waals surface area contributed by atoms with E-state index in [2.05, 4.69) is 0 Å². The molecule has 9 heteroatoms. The number of aromatic hydroxyl groups is 1. The van der Waals surface area contributed by atoms with Crippen molar-refractivity contribution in [2.75, 3.05) is 12.1 Å². The lowest BCUT2D eigenvalue weighted by atomic mass is 9.77. The van der Waals surface area contributed by atoms with E-state index in [1.165, 1.54) is 15.8 Å². The van der Waals surface area contributed by atoms with Crippen LogP contribution in [-0.4, -0.2) is 39.5 Å². The number of fused-ring (bicyclic) bond motifs is 3. The summed E-state index contributed by atoms with van der Waals surface area (Å²) < 4.78 is 42.0. The number of carbonyl (C=O) groups excluding carboxylic acids is 1. The molecule has 2 aliphatic rings. The first-order valence-electron chi connectivity index (χ1n) is 10.1. The minimum atomic E-state index is -4.36. The lowest BCUT2D eigenvalue weighted by Crippen LogP contribution is -2.71. The van der Waals surface area contributed by atoms with Crippen molar-refractivity contribution >= 4 is 5.91 Å². The second kappa shape index (κ2) is 7.03. The molecule has 0 radical (unpaired) electrons. The average Bonchev–Trinajstić information content (AvgIpc) is 2.69. The third-order valence-corrected chi connectivity index (χ3v) is 6.71. The van der Waals surface area contributed by atoms with Crippen LogP contribution in [0.15, 0.2) is 41.3 Å². The second-order valence-corrected chi connectivity index (χ2v) is 8.57. The summed E-state index contributed by atoms with van der Waals surface area (Å²) in [6.07, 6.45) is -3.39. The Morgan fingerprint density at radius 1 is 1.19 bits per heavy atom. The first kappa shape index (κ1) is 21.3. The van der Waals surface area contributed by atoms with E-state index in [4.69, 9.17) is 0 Å². The second-order valence-electron chi connectivity index (χ2n) is 8.57. The maximum atomic E-state index is 13.5. The molecule has 2 aromatic rings. The number of benzene rings is 1. The Labute approximate surface area is 177 Å². The molecule has 1 fully saturated rings. The molecule has 166 valence electrons. The van der Waals surface area contributed by atoms with Gasteiger partial charge in [-0.1, -0.05) is 24.3 Å². The fourth-order valence-corrected chi connectivity index (χ4v) is 5.01. The van der Waals surface area contributed by atoms with Gasteiger partial charge in [0.2, 0.25) is 5.43 Å². The molecule has 0 bridgehead atoms. The van der Waals surface area contributed by atoms with E-state index in [-0.39, 0.29) is 12.1 Å². The van der Waals surface area contributed by atoms with E-state index in [9.17, 15) is 27.9 Å². The maximum absolute atomic E-state index is 13.5. The lowest BCUT2D eigenvalue weighted by molar-refractivity contribution is -0.151. The average molecular weight is 435 g/mol. The van der Waals surface area contributed by atoms with E-state index in [0.29, 0.717) is 6.42 Å². The minimum absolute atomic E-state index is 0.237. The van der Waals surface area contributed by atoms with Gasteiger partial charge in [0, 0.05) is 25.7 Å². The normalized spacial score (nSPS) is 25.9. The van der Waals surface area contributed by atoms with Crippen LogP contribution in [0.3, 0.4) is 0 Å². The van der Waals surface area contributed by atoms with Gasteiger partial charge in [-0.25, -0.2) is 0 Å². The molecule has 0 aliphatic carbocycles. The number of pyridine rings is 1. The Balaban J connectivity index is 2.00. The number of halogens is 3. The highest BCUT2D eigenvalue weighted by molar-refractivity contribution is 5.96. The fraction of sp³-hybridized carbons (Fsp3) is 0.455. The first-order chi connectivity index (χ1) is 14.5. The Kier molecular flexibility index (Phi) is 4.83. The Morgan fingerprint density at radius 3 is 2.52 bits per heavy atom. The van der Waals surface area contributed by atoms with Gasteiger partial charge in [0.05, 0.1) is 6.04 Å². The largest absolute Gasteiger partial charge is 0.502 e. The third-order valence-electron chi connectivity index (χ3n) is 6.71. The molecular formula is C22H24F3N3O3. The van der Waals surface area contributed by atoms with Crippen LogP contribution in [0, 0.1) is 12.8 Å². The Bertz CT molecular complexity index is 1100. The van der Waals surface area contributed by atoms with Crippen LogP contribution in [0.25, 0.3) is 0 Å². The zero-order valence-corrected chi connectivity index (χ0v) is 17.5. The van der Waals surface area contributed by atoms with Crippen LogP contribution in [-0.2, 0) is 0 Å². The van der Waals surface area contributed by atoms with E-state index in [1.807, 2.05) is 19.1 Å². The molecule has 3 atom stereocenters. The molecule has 31 heavy (non-hydrogen) atoms. The summed E-state index contributed by atoms with van der Waals surface area (Å²) in [7, 11) is 1.55. The van der Waals surface area contributed by atoms with Crippen LogP contribution in [0.4, 0.5) is 13.2 Å². The van der Waals surface area contributed by atoms with Crippen LogP contribution >= 0.6 is 0 Å². The summed E-state index contributed by atoms with van der Waals surface area (Å²) >= 11 is 0. The highest BCUT2D eigenvalue weighted by Crippen LogP contribution is 2.50. The van der Waals surface area contributed by atoms with Gasteiger partial charge in [0.15, 0.2) is 11.4 Å². The summed E-state index contributed by atoms with van der Waals surface area (Å²) in [5.74, 6) is -2.03. The van der Waals surface area contributed by atoms with Gasteiger partial charge in [0.25, 0.3) is 5.91 Å². The van der Waals surface area contributed by atoms with Crippen molar-refractivity contribution in [3.63, 3.8) is 0 Å². The number of hydrogen-bond donors (Lipinski definition) is 1. The molecule has 6 nitrogen and oxygen atoms in total. The van der Waals surface area contributed by atoms with Gasteiger partial charge in [-0.2, -0.15) is 13.2 Å². The van der Waals surface area contributed by atoms with Crippen molar-refractivity contribution in [1.29, 1.82) is 0 Å². The van der Waals surface area contributed by atoms with Crippen LogP contribution in [0.2, 0.25) is 0 Å². The van der Waals surface area contributed by atoms with Gasteiger partial charge in [-0.15, -0.1) is 0 Å². The van der Waals surface area contributed by atoms with Crippen molar-refractivity contribution in [2.45, 2.75) is 51.0 Å². The van der Waals surface area contributed by atoms with Crippen LogP contribution < -0.4 is 10.4 Å². The molecule has 0 saturated carbocycles. The van der Waals surface area contributed by atoms with E-state index in [0.717, 1.165) is 17.2 Å². The zero-order chi connectivity index (χ0) is 22.7. The number of aromatic nitrogens is 1. The number of aryl methyl sites for hydroxylation is 1. The number of carbonyl (C=O) groups is 1. The topological polar surface area (TPSA) is 65.8 Å². The SMILES string of the molecule is Cc1ccccc1C1C(CC(F)(F)F)CCC2(C)N(C)C(=O)c3c(O)c(=O)ccn3N12. The molecule has 1 N–H and O–H groups in total. The minimum Gasteiger partial charge on any atom is -0.502 e. The summed E-state index contributed by atoms with van der Waals surface area (Å²) in [6.45, 7) is 3.65. The predicted molar refractivity (Wildman–Crippen MR) is 108 cm³/mol. The van der Waals surface area contributed by atoms with Gasteiger partial charge >= 0.3 is 6.18 Å². The molecule has 3 heterocycles. The van der Waals surface area contributed by atoms with Crippen molar-refractivity contribution < 1.29 is 23.1 Å². The Hall–Kier alpha value is -2.97. The molecule has 0 spiro atoms. The maximum Gasteiger partial charge on any atom is 0.389 e. The van der Waals surface area contributed by atoms with E-state index >= 15 is 0 Å². The first-order valence-corrected chi connectivity index (χ1v) is 10.1. The molecule has 2 aliphatic heterocycles. The summed E-state index contributed by atoms with van der Waals surface area (Å²) in [4.78, 5) is 26.5. The fourth-order valence-electron chi connectivity index (χ4n) is 5.01. The molecule has 1 aromatic carbocycles. The van der Waals surface area contributed by atoms with Crippen LogP contribution in [0.1, 0.15) is 53.8 Å². The molecule has 1 saturated heterocycles. The summed E-state index contributed by atoms with van der Waals surface area (Å²) in [5, 5.41) is 12.1. The van der Waals surface area contributed by atoms with Gasteiger partial charge < -0.3 is 10.0 Å². The zero-order valence-electron chi connectivity index (χ0n) is 17.5. The molecule has 1 amide bonds. The Morgan fingerprint density at radius 2 is 1.87 bits per heavy atom. The highest BCUT2D eigenvalue weighted by Gasteiger charge is 2.55. The van der Waals surface area contributed by atoms with E-state index < -0.39 is 47.3 Å². The van der Waals surface area contributed by atoms with Gasteiger partial charge in [-0.05, 0) is 43.7 Å². The van der Waals surface area contributed by atoms with Gasteiger partial charge in [0.1, 0.15) is 5.66 Å². The standard InChI is InChI=1S/C22H24F3N3O3/c1-13-6-4-5-7-15(13)17-14(12-22(23,24)25)8-10-21(2)26(3)20(31)18-19(30)16(29)9-11-27(18)28(17)21/h4-7,9,11,14,17,30H,8,10,12H2,1-3H3.